The minimum Gasteiger partial charge on any atom is -0.316 e. The Morgan fingerprint density at radius 3 is 3.00 bits per heavy atom. The molecule has 1 aliphatic heterocycles. The van der Waals surface area contributed by atoms with Crippen LogP contribution in [0.4, 0.5) is 4.39 Å². The first-order chi connectivity index (χ1) is 7.66. The fraction of sp³-hybridized carbons (Fsp3) is 0.538. The van der Waals surface area contributed by atoms with E-state index in [0.717, 1.165) is 30.6 Å². The lowest BCUT2D eigenvalue weighted by Gasteiger charge is -2.23. The highest BCUT2D eigenvalue weighted by molar-refractivity contribution is 6.30. The van der Waals surface area contributed by atoms with Crippen LogP contribution in [0.15, 0.2) is 12.1 Å². The Balaban J connectivity index is 2.11. The molecule has 1 saturated heterocycles. The van der Waals surface area contributed by atoms with Crippen molar-refractivity contribution in [3.05, 3.63) is 34.1 Å². The largest absolute Gasteiger partial charge is 0.316 e. The molecule has 1 N–H and O–H groups in total. The van der Waals surface area contributed by atoms with Gasteiger partial charge in [-0.2, -0.15) is 0 Å². The third-order valence-electron chi connectivity index (χ3n) is 3.29. The molecule has 16 heavy (non-hydrogen) atoms. The molecule has 0 aromatic heterocycles. The first-order valence-corrected chi connectivity index (χ1v) is 6.20. The van der Waals surface area contributed by atoms with Gasteiger partial charge in [0.25, 0.3) is 0 Å². The van der Waals surface area contributed by atoms with E-state index in [4.69, 9.17) is 11.6 Å². The van der Waals surface area contributed by atoms with Gasteiger partial charge in [0.15, 0.2) is 0 Å². The van der Waals surface area contributed by atoms with E-state index in [1.807, 2.05) is 6.92 Å². The molecular weight excluding hydrogens is 225 g/mol. The lowest BCUT2D eigenvalue weighted by molar-refractivity contribution is 0.375. The smallest absolute Gasteiger partial charge is 0.142 e. The molecule has 88 valence electrons. The molecule has 0 bridgehead atoms. The number of aryl methyl sites for hydroxylation is 1. The molecule has 0 aliphatic carbocycles. The van der Waals surface area contributed by atoms with Crippen LogP contribution in [-0.4, -0.2) is 13.1 Å². The molecule has 1 aliphatic rings. The highest BCUT2D eigenvalue weighted by Crippen LogP contribution is 2.24. The summed E-state index contributed by atoms with van der Waals surface area (Å²) < 4.78 is 13.4. The van der Waals surface area contributed by atoms with E-state index < -0.39 is 0 Å². The van der Waals surface area contributed by atoms with E-state index in [9.17, 15) is 4.39 Å². The molecule has 0 spiro atoms. The van der Waals surface area contributed by atoms with Gasteiger partial charge in [-0.25, -0.2) is 4.39 Å². The molecule has 1 aromatic carbocycles. The van der Waals surface area contributed by atoms with Crippen LogP contribution in [0.1, 0.15) is 24.0 Å². The quantitative estimate of drug-likeness (QED) is 0.838. The van der Waals surface area contributed by atoms with Gasteiger partial charge in [0.1, 0.15) is 5.82 Å². The van der Waals surface area contributed by atoms with Gasteiger partial charge in [-0.3, -0.25) is 0 Å². The molecule has 1 nitrogen and oxygen atoms in total. The van der Waals surface area contributed by atoms with Crippen LogP contribution in [0, 0.1) is 18.7 Å². The highest BCUT2D eigenvalue weighted by Gasteiger charge is 2.15. The van der Waals surface area contributed by atoms with Crippen LogP contribution in [0.2, 0.25) is 5.02 Å². The minimum atomic E-state index is -0.300. The monoisotopic (exact) mass is 241 g/mol. The molecule has 2 rings (SSSR count). The Labute approximate surface area is 101 Å². The molecular formula is C13H17ClFN. The summed E-state index contributed by atoms with van der Waals surface area (Å²) in [7, 11) is 0. The van der Waals surface area contributed by atoms with E-state index in [2.05, 4.69) is 5.32 Å². The van der Waals surface area contributed by atoms with E-state index in [1.165, 1.54) is 12.8 Å². The summed E-state index contributed by atoms with van der Waals surface area (Å²) in [6.07, 6.45) is 3.41. The van der Waals surface area contributed by atoms with Crippen LogP contribution in [0.5, 0.6) is 0 Å². The number of halogens is 2. The molecule has 0 saturated carbocycles. The number of nitrogens with one attached hydrogen (secondary N) is 1. The normalized spacial score (nSPS) is 21.1. The summed E-state index contributed by atoms with van der Waals surface area (Å²) in [5.41, 5.74) is 2.19. The zero-order chi connectivity index (χ0) is 11.5. The van der Waals surface area contributed by atoms with Gasteiger partial charge < -0.3 is 5.32 Å². The molecule has 1 unspecified atom stereocenters. The summed E-state index contributed by atoms with van der Waals surface area (Å²) in [6, 6.07) is 3.31. The van der Waals surface area contributed by atoms with Crippen molar-refractivity contribution >= 4 is 11.6 Å². The van der Waals surface area contributed by atoms with Crippen LogP contribution in [0.25, 0.3) is 0 Å². The van der Waals surface area contributed by atoms with Crippen molar-refractivity contribution in [3.8, 4) is 0 Å². The second kappa shape index (κ2) is 5.15. The van der Waals surface area contributed by atoms with Gasteiger partial charge in [-0.15, -0.1) is 0 Å². The number of hydrogen-bond donors (Lipinski definition) is 1. The number of benzene rings is 1. The molecule has 0 radical (unpaired) electrons. The zero-order valence-corrected chi connectivity index (χ0v) is 10.3. The standard InChI is InChI=1S/C13H17ClFN/c1-9-5-12(14)13(15)7-11(9)6-10-3-2-4-16-8-10/h5,7,10,16H,2-4,6,8H2,1H3. The molecule has 1 fully saturated rings. The van der Waals surface area contributed by atoms with Gasteiger partial charge in [0.05, 0.1) is 5.02 Å². The van der Waals surface area contributed by atoms with E-state index >= 15 is 0 Å². The highest BCUT2D eigenvalue weighted by atomic mass is 35.5. The van der Waals surface area contributed by atoms with Crippen molar-refractivity contribution in [3.63, 3.8) is 0 Å². The minimum absolute atomic E-state index is 0.225. The first kappa shape index (κ1) is 11.9. The third kappa shape index (κ3) is 2.74. The van der Waals surface area contributed by atoms with Crippen LogP contribution >= 0.6 is 11.6 Å². The van der Waals surface area contributed by atoms with Crippen molar-refractivity contribution in [2.75, 3.05) is 13.1 Å². The predicted octanol–water partition coefficient (Wildman–Crippen LogP) is 3.33. The Morgan fingerprint density at radius 1 is 1.50 bits per heavy atom. The molecule has 1 aromatic rings. The van der Waals surface area contributed by atoms with Crippen molar-refractivity contribution in [2.45, 2.75) is 26.2 Å². The van der Waals surface area contributed by atoms with E-state index in [1.54, 1.807) is 12.1 Å². The number of hydrogen-bond acceptors (Lipinski definition) is 1. The summed E-state index contributed by atoms with van der Waals surface area (Å²) in [5.74, 6) is 0.332. The molecule has 3 heteroatoms. The molecule has 1 atom stereocenters. The fourth-order valence-electron chi connectivity index (χ4n) is 2.32. The first-order valence-electron chi connectivity index (χ1n) is 5.82. The number of rotatable bonds is 2. The topological polar surface area (TPSA) is 12.0 Å². The van der Waals surface area contributed by atoms with Crippen molar-refractivity contribution in [1.29, 1.82) is 0 Å². The zero-order valence-electron chi connectivity index (χ0n) is 9.52. The maximum Gasteiger partial charge on any atom is 0.142 e. The van der Waals surface area contributed by atoms with Crippen molar-refractivity contribution in [1.82, 2.24) is 5.32 Å². The van der Waals surface area contributed by atoms with E-state index in [-0.39, 0.29) is 10.8 Å². The second-order valence-electron chi connectivity index (χ2n) is 4.61. The van der Waals surface area contributed by atoms with Gasteiger partial charge in [-0.05, 0) is 68.5 Å². The fourth-order valence-corrected chi connectivity index (χ4v) is 2.53. The predicted molar refractivity (Wildman–Crippen MR) is 65.4 cm³/mol. The number of piperidine rings is 1. The van der Waals surface area contributed by atoms with Crippen LogP contribution in [-0.2, 0) is 6.42 Å². The maximum atomic E-state index is 13.4. The van der Waals surface area contributed by atoms with Gasteiger partial charge in [0, 0.05) is 0 Å². The summed E-state index contributed by atoms with van der Waals surface area (Å²) in [4.78, 5) is 0. The Morgan fingerprint density at radius 2 is 2.31 bits per heavy atom. The van der Waals surface area contributed by atoms with Crippen LogP contribution in [0.3, 0.4) is 0 Å². The van der Waals surface area contributed by atoms with E-state index in [0.29, 0.717) is 5.92 Å². The summed E-state index contributed by atoms with van der Waals surface area (Å²) in [5, 5.41) is 3.61. The van der Waals surface area contributed by atoms with Crippen LogP contribution < -0.4 is 5.32 Å². The van der Waals surface area contributed by atoms with Crippen molar-refractivity contribution < 1.29 is 4.39 Å². The second-order valence-corrected chi connectivity index (χ2v) is 5.02. The average Bonchev–Trinajstić information content (AvgIpc) is 2.27. The summed E-state index contributed by atoms with van der Waals surface area (Å²) >= 11 is 5.74. The average molecular weight is 242 g/mol. The molecule has 0 amide bonds. The Bertz CT molecular complexity index is 372. The Kier molecular flexibility index (Phi) is 3.82. The van der Waals surface area contributed by atoms with Gasteiger partial charge in [-0.1, -0.05) is 11.6 Å². The lowest BCUT2D eigenvalue weighted by Crippen LogP contribution is -2.31. The van der Waals surface area contributed by atoms with Gasteiger partial charge >= 0.3 is 0 Å². The van der Waals surface area contributed by atoms with Gasteiger partial charge in [0.2, 0.25) is 0 Å². The Hall–Kier alpha value is -0.600. The maximum absolute atomic E-state index is 13.4. The summed E-state index contributed by atoms with van der Waals surface area (Å²) in [6.45, 7) is 4.16. The lowest BCUT2D eigenvalue weighted by atomic mass is 9.90. The third-order valence-corrected chi connectivity index (χ3v) is 3.58. The van der Waals surface area contributed by atoms with Crippen molar-refractivity contribution in [2.24, 2.45) is 5.92 Å². The SMILES string of the molecule is Cc1cc(Cl)c(F)cc1CC1CCCNC1. The molecule has 1 heterocycles.